The van der Waals surface area contributed by atoms with Crippen LogP contribution in [0.1, 0.15) is 36.7 Å². The lowest BCUT2D eigenvalue weighted by atomic mass is 10.00. The van der Waals surface area contributed by atoms with E-state index in [9.17, 15) is 9.59 Å². The van der Waals surface area contributed by atoms with E-state index in [2.05, 4.69) is 37.8 Å². The van der Waals surface area contributed by atoms with E-state index in [-0.39, 0.29) is 0 Å². The van der Waals surface area contributed by atoms with Gasteiger partial charge in [-0.1, -0.05) is 18.2 Å². The summed E-state index contributed by atoms with van der Waals surface area (Å²) in [5.41, 5.74) is 9.03. The average Bonchev–Trinajstić information content (AvgIpc) is 3.04. The monoisotopic (exact) mass is 529 g/mol. The molecule has 0 aliphatic heterocycles. The van der Waals surface area contributed by atoms with Crippen molar-refractivity contribution in [3.63, 3.8) is 0 Å². The molecule has 0 aliphatic carbocycles. The number of aromatic nitrogens is 3. The average molecular weight is 530 g/mol. The number of anilines is 1. The quantitative estimate of drug-likeness (QED) is 0.353. The molecule has 0 spiro atoms. The second-order valence-corrected chi connectivity index (χ2v) is 9.49. The summed E-state index contributed by atoms with van der Waals surface area (Å²) in [7, 11) is 1.35. The van der Waals surface area contributed by atoms with Crippen LogP contribution >= 0.6 is 15.9 Å². The van der Waals surface area contributed by atoms with Crippen molar-refractivity contribution in [1.29, 1.82) is 0 Å². The number of nitrogens with one attached hydrogen (secondary N) is 1. The molecule has 0 fully saturated rings. The van der Waals surface area contributed by atoms with Crippen LogP contribution in [0.4, 0.5) is 10.6 Å². The Morgan fingerprint density at radius 3 is 2.62 bits per heavy atom. The Kier molecular flexibility index (Phi) is 7.30. The number of methoxy groups -OCH3 is 1. The molecule has 2 aromatic heterocycles. The van der Waals surface area contributed by atoms with E-state index in [1.54, 1.807) is 32.9 Å². The van der Waals surface area contributed by atoms with Crippen LogP contribution < -0.4 is 11.1 Å². The molecule has 3 rings (SSSR count). The van der Waals surface area contributed by atoms with E-state index in [4.69, 9.17) is 15.2 Å². The minimum absolute atomic E-state index is 0.310. The lowest BCUT2D eigenvalue weighted by molar-refractivity contribution is 0.0509. The van der Waals surface area contributed by atoms with Gasteiger partial charge in [-0.05, 0) is 60.8 Å². The van der Waals surface area contributed by atoms with E-state index in [1.165, 1.54) is 13.4 Å². The van der Waals surface area contributed by atoms with E-state index >= 15 is 0 Å². The van der Waals surface area contributed by atoms with Crippen molar-refractivity contribution in [2.24, 2.45) is 0 Å². The number of nitrogen functional groups attached to an aromatic ring is 1. The maximum Gasteiger partial charge on any atom is 0.408 e. The van der Waals surface area contributed by atoms with Gasteiger partial charge >= 0.3 is 12.1 Å². The van der Waals surface area contributed by atoms with Gasteiger partial charge in [0.25, 0.3) is 0 Å². The molecule has 0 saturated carbocycles. The number of nitrogens with two attached hydrogens (primary N) is 1. The van der Waals surface area contributed by atoms with Crippen LogP contribution in [0, 0.1) is 6.92 Å². The summed E-state index contributed by atoms with van der Waals surface area (Å²) in [5, 5.41) is 3.47. The van der Waals surface area contributed by atoms with Crippen LogP contribution in [0.25, 0.3) is 22.2 Å². The molecule has 3 N–H and O–H groups in total. The van der Waals surface area contributed by atoms with Crippen LogP contribution in [-0.2, 0) is 16.0 Å². The predicted molar refractivity (Wildman–Crippen MR) is 135 cm³/mol. The first-order valence-corrected chi connectivity index (χ1v) is 11.4. The third kappa shape index (κ3) is 5.22. The zero-order valence-electron chi connectivity index (χ0n) is 19.8. The number of hydrogen-bond acceptors (Lipinski definition) is 7. The van der Waals surface area contributed by atoms with E-state index in [0.29, 0.717) is 33.6 Å². The number of amides is 1. The molecule has 9 nitrogen and oxygen atoms in total. The van der Waals surface area contributed by atoms with Crippen molar-refractivity contribution in [3.8, 4) is 11.1 Å². The number of benzene rings is 1. The number of aryl methyl sites for hydroxylation is 1. The fraction of sp³-hybridized carbons (Fsp3) is 0.333. The van der Waals surface area contributed by atoms with Gasteiger partial charge in [0.1, 0.15) is 23.4 Å². The molecule has 2 heterocycles. The lowest BCUT2D eigenvalue weighted by Gasteiger charge is -2.22. The molecular weight excluding hydrogens is 502 g/mol. The minimum Gasteiger partial charge on any atom is -0.465 e. The number of ether oxygens (including phenoxy) is 2. The topological polar surface area (TPSA) is 121 Å². The molecule has 180 valence electrons. The van der Waals surface area contributed by atoms with Crippen LogP contribution in [0.5, 0.6) is 0 Å². The van der Waals surface area contributed by atoms with Crippen molar-refractivity contribution in [2.45, 2.75) is 45.9 Å². The minimum atomic E-state index is -0.625. The normalized spacial score (nSPS) is 12.3. The standard InChI is InChI=1S/C24H28BrN5O4/c1-7-15(29-23(32)34-24(3,4)5)11-30-19(25)17(18-20(26)27-12-28-21(18)30)14-8-9-16(13(2)10-14)22(31)33-6/h7-10,12,15H,1,11H2,2-6H3,(H,29,32)(H2,26,27,28)/t15-/m1/s1. The highest BCUT2D eigenvalue weighted by Crippen LogP contribution is 2.40. The Morgan fingerprint density at radius 2 is 2.03 bits per heavy atom. The largest absolute Gasteiger partial charge is 0.465 e. The summed E-state index contributed by atoms with van der Waals surface area (Å²) < 4.78 is 12.8. The van der Waals surface area contributed by atoms with Crippen LogP contribution in [0.2, 0.25) is 0 Å². The molecule has 0 bridgehead atoms. The molecule has 34 heavy (non-hydrogen) atoms. The van der Waals surface area contributed by atoms with Crippen LogP contribution in [0.3, 0.4) is 0 Å². The lowest BCUT2D eigenvalue weighted by Crippen LogP contribution is -2.40. The van der Waals surface area contributed by atoms with Crippen molar-refractivity contribution in [2.75, 3.05) is 12.8 Å². The van der Waals surface area contributed by atoms with E-state index in [1.807, 2.05) is 23.6 Å². The van der Waals surface area contributed by atoms with Gasteiger partial charge in [-0.15, -0.1) is 6.58 Å². The Labute approximate surface area is 206 Å². The maximum absolute atomic E-state index is 12.3. The molecule has 10 heteroatoms. The highest BCUT2D eigenvalue weighted by Gasteiger charge is 2.24. The number of rotatable bonds is 6. The summed E-state index contributed by atoms with van der Waals surface area (Å²) in [6, 6.07) is 4.96. The van der Waals surface area contributed by atoms with E-state index in [0.717, 1.165) is 16.7 Å². The first-order chi connectivity index (χ1) is 16.0. The number of carbonyl (C=O) groups is 2. The van der Waals surface area contributed by atoms with Gasteiger partial charge in [-0.2, -0.15) is 0 Å². The summed E-state index contributed by atoms with van der Waals surface area (Å²) in [5.74, 6) is -0.0974. The number of halogens is 1. The number of carbonyl (C=O) groups excluding carboxylic acids is 2. The molecule has 3 aromatic rings. The Morgan fingerprint density at radius 1 is 1.32 bits per heavy atom. The molecule has 0 radical (unpaired) electrons. The third-order valence-electron chi connectivity index (χ3n) is 5.09. The van der Waals surface area contributed by atoms with Gasteiger partial charge in [-0.3, -0.25) is 0 Å². The van der Waals surface area contributed by atoms with Gasteiger partial charge in [0.2, 0.25) is 0 Å². The fourth-order valence-electron chi connectivity index (χ4n) is 3.59. The summed E-state index contributed by atoms with van der Waals surface area (Å²) in [6.07, 6.45) is 2.47. The van der Waals surface area contributed by atoms with Gasteiger partial charge in [0, 0.05) is 12.1 Å². The highest BCUT2D eigenvalue weighted by molar-refractivity contribution is 9.10. The summed E-state index contributed by atoms with van der Waals surface area (Å²) in [4.78, 5) is 32.9. The predicted octanol–water partition coefficient (Wildman–Crippen LogP) is 4.62. The van der Waals surface area contributed by atoms with Gasteiger partial charge in [0.15, 0.2) is 0 Å². The van der Waals surface area contributed by atoms with E-state index < -0.39 is 23.7 Å². The first-order valence-electron chi connectivity index (χ1n) is 10.6. The number of fused-ring (bicyclic) bond motifs is 1. The summed E-state index contributed by atoms with van der Waals surface area (Å²) in [6.45, 7) is 11.4. The summed E-state index contributed by atoms with van der Waals surface area (Å²) >= 11 is 3.69. The molecule has 0 saturated heterocycles. The zero-order chi connectivity index (χ0) is 25.2. The van der Waals surface area contributed by atoms with Gasteiger partial charge in [0.05, 0.1) is 28.7 Å². The first kappa shape index (κ1) is 25.2. The smallest absolute Gasteiger partial charge is 0.408 e. The second kappa shape index (κ2) is 9.84. The van der Waals surface area contributed by atoms with Gasteiger partial charge in [-0.25, -0.2) is 19.6 Å². The molecule has 0 aliphatic rings. The zero-order valence-corrected chi connectivity index (χ0v) is 21.4. The van der Waals surface area contributed by atoms with Crippen molar-refractivity contribution in [3.05, 3.63) is 52.9 Å². The second-order valence-electron chi connectivity index (χ2n) is 8.74. The number of nitrogens with zero attached hydrogens (tertiary/aromatic N) is 3. The fourth-order valence-corrected chi connectivity index (χ4v) is 4.33. The third-order valence-corrected chi connectivity index (χ3v) is 5.92. The van der Waals surface area contributed by atoms with Crippen molar-refractivity contribution in [1.82, 2.24) is 19.9 Å². The van der Waals surface area contributed by atoms with Crippen molar-refractivity contribution >= 4 is 44.8 Å². The maximum atomic E-state index is 12.3. The Balaban J connectivity index is 2.07. The molecule has 1 amide bonds. The highest BCUT2D eigenvalue weighted by atomic mass is 79.9. The molecular formula is C24H28BrN5O4. The Hall–Kier alpha value is -3.40. The van der Waals surface area contributed by atoms with Crippen molar-refractivity contribution < 1.29 is 19.1 Å². The number of hydrogen-bond donors (Lipinski definition) is 2. The molecule has 1 aromatic carbocycles. The Bertz CT molecular complexity index is 1260. The van der Waals surface area contributed by atoms with Crippen LogP contribution in [0.15, 0.2) is 41.8 Å². The number of esters is 1. The molecule has 1 atom stereocenters. The number of alkyl carbamates (subject to hydrolysis) is 1. The van der Waals surface area contributed by atoms with Gasteiger partial charge < -0.3 is 25.1 Å². The molecule has 0 unspecified atom stereocenters. The van der Waals surface area contributed by atoms with Crippen LogP contribution in [-0.4, -0.2) is 45.4 Å². The SMILES string of the molecule is C=C[C@H](Cn1c(Br)c(-c2ccc(C(=O)OC)c(C)c2)c2c(N)ncnc21)NC(=O)OC(C)(C)C.